The van der Waals surface area contributed by atoms with Crippen molar-refractivity contribution in [1.82, 2.24) is 25.0 Å². The van der Waals surface area contributed by atoms with Crippen molar-refractivity contribution in [2.24, 2.45) is 0 Å². The van der Waals surface area contributed by atoms with E-state index < -0.39 is 41.3 Å². The van der Waals surface area contributed by atoms with Gasteiger partial charge in [-0.05, 0) is 17.7 Å². The smallest absolute Gasteiger partial charge is 0.331 e. The molecule has 0 unspecified atom stereocenters. The lowest BCUT2D eigenvalue weighted by Crippen LogP contribution is -2.49. The van der Waals surface area contributed by atoms with Crippen LogP contribution in [0.3, 0.4) is 0 Å². The Morgan fingerprint density at radius 2 is 1.17 bits per heavy atom. The summed E-state index contributed by atoms with van der Waals surface area (Å²) >= 11 is 0. The molecule has 0 spiro atoms. The van der Waals surface area contributed by atoms with Gasteiger partial charge in [-0.25, -0.2) is 4.79 Å². The van der Waals surface area contributed by atoms with Crippen molar-refractivity contribution < 1.29 is 48.1 Å². The number of nitrogens with zero attached hydrogens (tertiary/aromatic N) is 6. The van der Waals surface area contributed by atoms with Crippen molar-refractivity contribution in [1.29, 1.82) is 0 Å². The van der Waals surface area contributed by atoms with Crippen LogP contribution >= 0.6 is 0 Å². The second-order valence-corrected chi connectivity index (χ2v) is 10.8. The van der Waals surface area contributed by atoms with Crippen LogP contribution in [-0.2, 0) is 45.0 Å². The minimum absolute atomic E-state index is 0.0872. The quantitative estimate of drug-likeness (QED) is 0.144. The summed E-state index contributed by atoms with van der Waals surface area (Å²) in [4.78, 5) is 91.6. The fourth-order valence-corrected chi connectivity index (χ4v) is 4.66. The largest absolute Gasteiger partial charge is 0.425 e. The average Bonchev–Trinajstić information content (AvgIpc) is 3.02. The van der Waals surface area contributed by atoms with E-state index in [0.29, 0.717) is 0 Å². The minimum Gasteiger partial charge on any atom is -0.425 e. The number of hydroxylamine groups is 6. The number of esters is 1. The van der Waals surface area contributed by atoms with Crippen molar-refractivity contribution in [3.05, 3.63) is 70.3 Å². The Labute approximate surface area is 277 Å². The summed E-state index contributed by atoms with van der Waals surface area (Å²) in [5, 5.41) is 15.2. The molecule has 0 saturated carbocycles. The molecule has 3 rings (SSSR count). The van der Waals surface area contributed by atoms with Gasteiger partial charge in [-0.3, -0.25) is 34.2 Å². The fraction of sp³-hybridized carbons (Fsp3) is 0.452. The molecule has 1 saturated heterocycles. The molecule has 17 heteroatoms. The SMILES string of the molecule is CC(=O)ON1CCN(CC(=O)N(CC(=O)Oc2ccc([N+](=O)[O-])cc2)Cc2ccccc2)CCN(OC(C)=O)CCN(OC(C)=O)CC1. The van der Waals surface area contributed by atoms with E-state index in [9.17, 15) is 34.1 Å². The first-order valence-corrected chi connectivity index (χ1v) is 15.2. The molecule has 1 amide bonds. The second-order valence-electron chi connectivity index (χ2n) is 10.8. The highest BCUT2D eigenvalue weighted by Gasteiger charge is 2.25. The zero-order valence-electron chi connectivity index (χ0n) is 27.1. The maximum Gasteiger partial charge on any atom is 0.331 e. The molecule has 2 aromatic carbocycles. The van der Waals surface area contributed by atoms with Gasteiger partial charge < -0.3 is 24.1 Å². The Kier molecular flexibility index (Phi) is 14.8. The number of hydrogen-bond acceptors (Lipinski definition) is 15. The first-order valence-electron chi connectivity index (χ1n) is 15.2. The van der Waals surface area contributed by atoms with E-state index in [2.05, 4.69) is 0 Å². The molecule has 0 aliphatic carbocycles. The van der Waals surface area contributed by atoms with E-state index in [1.807, 2.05) is 18.2 Å². The number of amides is 1. The molecule has 0 aromatic heterocycles. The lowest BCUT2D eigenvalue weighted by atomic mass is 10.2. The predicted octanol–water partition coefficient (Wildman–Crippen LogP) is 1.18. The molecule has 1 heterocycles. The van der Waals surface area contributed by atoms with Gasteiger partial charge in [0, 0.05) is 65.6 Å². The molecule has 48 heavy (non-hydrogen) atoms. The molecule has 1 fully saturated rings. The highest BCUT2D eigenvalue weighted by Crippen LogP contribution is 2.18. The van der Waals surface area contributed by atoms with Crippen LogP contribution in [0.15, 0.2) is 54.6 Å². The Hall–Kier alpha value is -4.97. The number of ether oxygens (including phenoxy) is 1. The standard InChI is InChI=1S/C31H40N6O11/c1-24(38)46-34-15-13-32(14-16-35(47-25(2)39)18-20-36(19-17-34)48-26(3)40)22-30(41)33(21-27-7-5-4-6-8-27)23-31(42)45-29-11-9-28(10-12-29)37(43)44/h4-12H,13-23H2,1-3H3. The number of carbonyl (C=O) groups excluding carboxylic acids is 5. The Morgan fingerprint density at radius 1 is 0.708 bits per heavy atom. The summed E-state index contributed by atoms with van der Waals surface area (Å²) in [5.74, 6) is -2.71. The summed E-state index contributed by atoms with van der Waals surface area (Å²) < 4.78 is 5.37. The Balaban J connectivity index is 1.78. The van der Waals surface area contributed by atoms with Crippen LogP contribution in [0.2, 0.25) is 0 Å². The van der Waals surface area contributed by atoms with Gasteiger partial charge in [0.1, 0.15) is 12.3 Å². The first-order chi connectivity index (χ1) is 22.9. The average molecular weight is 673 g/mol. The number of rotatable bonds is 11. The lowest BCUT2D eigenvalue weighted by Gasteiger charge is -2.32. The van der Waals surface area contributed by atoms with Crippen molar-refractivity contribution in [2.75, 3.05) is 65.4 Å². The Bertz CT molecular complexity index is 1380. The van der Waals surface area contributed by atoms with Crippen LogP contribution in [0.4, 0.5) is 5.69 Å². The molecule has 0 radical (unpaired) electrons. The number of benzene rings is 2. The van der Waals surface area contributed by atoms with Crippen LogP contribution in [0.1, 0.15) is 26.3 Å². The van der Waals surface area contributed by atoms with Crippen LogP contribution in [0.25, 0.3) is 0 Å². The molecule has 2 aromatic rings. The maximum atomic E-state index is 13.8. The maximum absolute atomic E-state index is 13.8. The number of carbonyl (C=O) groups is 5. The van der Waals surface area contributed by atoms with Crippen molar-refractivity contribution in [3.8, 4) is 5.75 Å². The minimum atomic E-state index is -0.749. The molecule has 1 aliphatic rings. The van der Waals surface area contributed by atoms with Gasteiger partial charge in [0.2, 0.25) is 5.91 Å². The summed E-state index contributed by atoms with van der Waals surface area (Å²) in [6.07, 6.45) is 0. The van der Waals surface area contributed by atoms with Gasteiger partial charge in [-0.2, -0.15) is 0 Å². The third-order valence-electron chi connectivity index (χ3n) is 6.83. The van der Waals surface area contributed by atoms with Gasteiger partial charge in [-0.15, -0.1) is 15.2 Å². The van der Waals surface area contributed by atoms with Crippen molar-refractivity contribution in [3.63, 3.8) is 0 Å². The van der Waals surface area contributed by atoms with E-state index in [1.54, 1.807) is 17.0 Å². The molecular weight excluding hydrogens is 632 g/mol. The van der Waals surface area contributed by atoms with Crippen LogP contribution in [0.5, 0.6) is 5.75 Å². The monoisotopic (exact) mass is 672 g/mol. The van der Waals surface area contributed by atoms with E-state index in [-0.39, 0.29) is 76.9 Å². The molecular formula is C31H40N6O11. The number of nitro benzene ring substituents is 1. The number of non-ortho nitro benzene ring substituents is 1. The van der Waals surface area contributed by atoms with Gasteiger partial charge in [0.25, 0.3) is 5.69 Å². The van der Waals surface area contributed by atoms with Gasteiger partial charge in [0.05, 0.1) is 37.6 Å². The number of hydrogen-bond donors (Lipinski definition) is 0. The molecule has 1 aliphatic heterocycles. The highest BCUT2D eigenvalue weighted by atomic mass is 16.7. The molecule has 0 N–H and O–H groups in total. The second kappa shape index (κ2) is 19.0. The predicted molar refractivity (Wildman–Crippen MR) is 167 cm³/mol. The fourth-order valence-electron chi connectivity index (χ4n) is 4.66. The van der Waals surface area contributed by atoms with E-state index >= 15 is 0 Å². The molecule has 0 bridgehead atoms. The van der Waals surface area contributed by atoms with E-state index in [1.165, 1.54) is 65.1 Å². The van der Waals surface area contributed by atoms with E-state index in [0.717, 1.165) is 5.56 Å². The van der Waals surface area contributed by atoms with Crippen molar-refractivity contribution in [2.45, 2.75) is 27.3 Å². The van der Waals surface area contributed by atoms with Crippen LogP contribution in [0, 0.1) is 10.1 Å². The van der Waals surface area contributed by atoms with Gasteiger partial charge >= 0.3 is 23.9 Å². The Morgan fingerprint density at radius 3 is 1.60 bits per heavy atom. The summed E-state index contributed by atoms with van der Waals surface area (Å²) in [5.41, 5.74) is 0.602. The number of nitro groups is 1. The highest BCUT2D eigenvalue weighted by molar-refractivity contribution is 5.84. The van der Waals surface area contributed by atoms with Crippen LogP contribution in [-0.4, -0.2) is 125 Å². The topological polar surface area (TPSA) is 182 Å². The summed E-state index contributed by atoms with van der Waals surface area (Å²) in [6.45, 7) is 4.78. The third-order valence-corrected chi connectivity index (χ3v) is 6.83. The van der Waals surface area contributed by atoms with Gasteiger partial charge in [0.15, 0.2) is 0 Å². The molecule has 0 atom stereocenters. The lowest BCUT2D eigenvalue weighted by molar-refractivity contribution is -0.384. The summed E-state index contributed by atoms with van der Waals surface area (Å²) in [6, 6.07) is 14.1. The third kappa shape index (κ3) is 13.8. The normalized spacial score (nSPS) is 15.6. The van der Waals surface area contributed by atoms with E-state index in [4.69, 9.17) is 19.2 Å². The van der Waals surface area contributed by atoms with Crippen LogP contribution < -0.4 is 4.74 Å². The van der Waals surface area contributed by atoms with Crippen molar-refractivity contribution >= 4 is 35.5 Å². The zero-order chi connectivity index (χ0) is 35.1. The summed E-state index contributed by atoms with van der Waals surface area (Å²) in [7, 11) is 0. The molecule has 260 valence electrons. The van der Waals surface area contributed by atoms with Gasteiger partial charge in [-0.1, -0.05) is 30.3 Å². The molecule has 17 nitrogen and oxygen atoms in total. The first kappa shape index (κ1) is 37.5. The zero-order valence-corrected chi connectivity index (χ0v) is 27.1.